The van der Waals surface area contributed by atoms with E-state index in [0.717, 1.165) is 0 Å². The van der Waals surface area contributed by atoms with Gasteiger partial charge in [-0.15, -0.1) is 0 Å². The Hall–Kier alpha value is -3.48. The number of ketones is 1. The summed E-state index contributed by atoms with van der Waals surface area (Å²) in [5.41, 5.74) is 1.38. The number of carbonyl (C=O) groups is 4. The fourth-order valence-corrected chi connectivity index (χ4v) is 2.20. The first-order valence-corrected chi connectivity index (χ1v) is 8.13. The van der Waals surface area contributed by atoms with Gasteiger partial charge in [-0.3, -0.25) is 9.59 Å². The molecule has 0 aliphatic carbocycles. The van der Waals surface area contributed by atoms with Gasteiger partial charge >= 0.3 is 11.9 Å². The highest BCUT2D eigenvalue weighted by molar-refractivity contribution is 5.99. The van der Waals surface area contributed by atoms with E-state index >= 15 is 0 Å². The highest BCUT2D eigenvalue weighted by atomic mass is 16.5. The number of amides is 1. The second-order valence-electron chi connectivity index (χ2n) is 5.74. The van der Waals surface area contributed by atoms with Gasteiger partial charge < -0.3 is 14.8 Å². The predicted octanol–water partition coefficient (Wildman–Crippen LogP) is 2.86. The van der Waals surface area contributed by atoms with Crippen LogP contribution < -0.4 is 5.32 Å². The summed E-state index contributed by atoms with van der Waals surface area (Å²) in [7, 11) is 1.26. The number of benzene rings is 2. The lowest BCUT2D eigenvalue weighted by Gasteiger charge is -2.14. The smallest absolute Gasteiger partial charge is 0.338 e. The molecule has 0 unspecified atom stereocenters. The molecule has 0 aliphatic rings. The Bertz CT molecular complexity index is 872. The first kappa shape index (κ1) is 19.8. The normalized spacial score (nSPS) is 11.2. The maximum Gasteiger partial charge on any atom is 0.338 e. The van der Waals surface area contributed by atoms with E-state index in [4.69, 9.17) is 4.74 Å². The molecule has 0 saturated heterocycles. The summed E-state index contributed by atoms with van der Waals surface area (Å²) in [5.74, 6) is -1.88. The number of Topliss-reactive ketones (excluding diaryl/α,β-unsaturated/α-hetero) is 1. The quantitative estimate of drug-likeness (QED) is 0.621. The summed E-state index contributed by atoms with van der Waals surface area (Å²) in [6.07, 6.45) is -1.06. The Labute approximate surface area is 156 Å². The van der Waals surface area contributed by atoms with Crippen molar-refractivity contribution in [2.24, 2.45) is 0 Å². The van der Waals surface area contributed by atoms with Crippen molar-refractivity contribution >= 4 is 29.3 Å². The Morgan fingerprint density at radius 1 is 0.889 bits per heavy atom. The van der Waals surface area contributed by atoms with E-state index in [1.807, 2.05) is 0 Å². The summed E-state index contributed by atoms with van der Waals surface area (Å²) in [4.78, 5) is 47.1. The maximum absolute atomic E-state index is 12.2. The zero-order valence-electron chi connectivity index (χ0n) is 15.1. The molecule has 1 amide bonds. The summed E-state index contributed by atoms with van der Waals surface area (Å²) in [5, 5.41) is 2.60. The molecule has 2 aromatic rings. The molecule has 1 atom stereocenters. The van der Waals surface area contributed by atoms with Crippen LogP contribution in [0.25, 0.3) is 0 Å². The lowest BCUT2D eigenvalue weighted by Crippen LogP contribution is -2.30. The molecule has 0 saturated carbocycles. The SMILES string of the molecule is COC(=O)c1ccc(C(=O)O[C@@H](C)C(=O)Nc2cccc(C(C)=O)c2)cc1. The highest BCUT2D eigenvalue weighted by Gasteiger charge is 2.19. The largest absolute Gasteiger partial charge is 0.465 e. The highest BCUT2D eigenvalue weighted by Crippen LogP contribution is 2.13. The Morgan fingerprint density at radius 2 is 1.48 bits per heavy atom. The fraction of sp³-hybridized carbons (Fsp3) is 0.200. The van der Waals surface area contributed by atoms with Crippen LogP contribution in [0.5, 0.6) is 0 Å². The lowest BCUT2D eigenvalue weighted by molar-refractivity contribution is -0.123. The molecule has 0 heterocycles. The molecule has 0 radical (unpaired) electrons. The van der Waals surface area contributed by atoms with Crippen LogP contribution in [-0.4, -0.2) is 36.8 Å². The number of nitrogens with one attached hydrogen (secondary N) is 1. The molecule has 0 fully saturated rings. The van der Waals surface area contributed by atoms with Gasteiger partial charge in [0.25, 0.3) is 5.91 Å². The molecule has 2 aromatic carbocycles. The van der Waals surface area contributed by atoms with Crippen LogP contribution in [0.2, 0.25) is 0 Å². The van der Waals surface area contributed by atoms with Crippen molar-refractivity contribution in [1.29, 1.82) is 0 Å². The predicted molar refractivity (Wildman–Crippen MR) is 97.7 cm³/mol. The molecule has 7 heteroatoms. The maximum atomic E-state index is 12.2. The Morgan fingerprint density at radius 3 is 2.04 bits per heavy atom. The number of hydrogen-bond acceptors (Lipinski definition) is 6. The first-order chi connectivity index (χ1) is 12.8. The zero-order valence-corrected chi connectivity index (χ0v) is 15.1. The fourth-order valence-electron chi connectivity index (χ4n) is 2.20. The van der Waals surface area contributed by atoms with Gasteiger partial charge in [-0.2, -0.15) is 0 Å². The summed E-state index contributed by atoms with van der Waals surface area (Å²) >= 11 is 0. The van der Waals surface area contributed by atoms with E-state index in [0.29, 0.717) is 16.8 Å². The molecule has 0 aromatic heterocycles. The standard InChI is InChI=1S/C20H19NO6/c1-12(22)16-5-4-6-17(11-16)21-18(23)13(2)27-20(25)15-9-7-14(8-10-15)19(24)26-3/h4-11,13H,1-3H3,(H,21,23)/t13-/m0/s1. The number of carbonyl (C=O) groups excluding carboxylic acids is 4. The van der Waals surface area contributed by atoms with E-state index < -0.39 is 23.9 Å². The minimum absolute atomic E-state index is 0.124. The number of ether oxygens (including phenoxy) is 2. The second-order valence-corrected chi connectivity index (χ2v) is 5.74. The van der Waals surface area contributed by atoms with Crippen LogP contribution in [0.4, 0.5) is 5.69 Å². The molecule has 1 N–H and O–H groups in total. The number of rotatable bonds is 6. The van der Waals surface area contributed by atoms with Gasteiger partial charge in [-0.25, -0.2) is 9.59 Å². The van der Waals surface area contributed by atoms with E-state index in [2.05, 4.69) is 10.1 Å². The van der Waals surface area contributed by atoms with Gasteiger partial charge in [0.2, 0.25) is 0 Å². The van der Waals surface area contributed by atoms with Crippen LogP contribution in [-0.2, 0) is 14.3 Å². The van der Waals surface area contributed by atoms with Gasteiger partial charge in [-0.1, -0.05) is 12.1 Å². The molecule has 140 valence electrons. The van der Waals surface area contributed by atoms with E-state index in [1.54, 1.807) is 24.3 Å². The van der Waals surface area contributed by atoms with Crippen molar-refractivity contribution in [2.45, 2.75) is 20.0 Å². The van der Waals surface area contributed by atoms with Crippen molar-refractivity contribution in [3.63, 3.8) is 0 Å². The van der Waals surface area contributed by atoms with Crippen LogP contribution in [0.3, 0.4) is 0 Å². The molecule has 0 spiro atoms. The molecule has 0 aliphatic heterocycles. The van der Waals surface area contributed by atoms with Gasteiger partial charge in [0, 0.05) is 11.3 Å². The van der Waals surface area contributed by atoms with E-state index in [1.165, 1.54) is 45.2 Å². The lowest BCUT2D eigenvalue weighted by atomic mass is 10.1. The molecule has 2 rings (SSSR count). The van der Waals surface area contributed by atoms with Crippen LogP contribution in [0.1, 0.15) is 44.9 Å². The monoisotopic (exact) mass is 369 g/mol. The third-order valence-electron chi connectivity index (χ3n) is 3.73. The molecule has 7 nitrogen and oxygen atoms in total. The second kappa shape index (κ2) is 8.75. The summed E-state index contributed by atoms with van der Waals surface area (Å²) < 4.78 is 9.72. The Kier molecular flexibility index (Phi) is 6.43. The third-order valence-corrected chi connectivity index (χ3v) is 3.73. The van der Waals surface area contributed by atoms with Crippen molar-refractivity contribution in [3.05, 3.63) is 65.2 Å². The minimum atomic E-state index is -1.06. The number of esters is 2. The third kappa shape index (κ3) is 5.24. The van der Waals surface area contributed by atoms with Crippen molar-refractivity contribution in [3.8, 4) is 0 Å². The Balaban J connectivity index is 1.99. The van der Waals surface area contributed by atoms with Crippen molar-refractivity contribution in [1.82, 2.24) is 0 Å². The van der Waals surface area contributed by atoms with Gasteiger partial charge in [0.15, 0.2) is 11.9 Å². The molecular weight excluding hydrogens is 350 g/mol. The van der Waals surface area contributed by atoms with Crippen molar-refractivity contribution in [2.75, 3.05) is 12.4 Å². The average molecular weight is 369 g/mol. The van der Waals surface area contributed by atoms with Gasteiger partial charge in [0.1, 0.15) is 0 Å². The summed E-state index contributed by atoms with van der Waals surface area (Å²) in [6, 6.07) is 12.1. The molecular formula is C20H19NO6. The molecule has 27 heavy (non-hydrogen) atoms. The van der Waals surface area contributed by atoms with E-state index in [-0.39, 0.29) is 11.3 Å². The van der Waals surface area contributed by atoms with Crippen LogP contribution >= 0.6 is 0 Å². The van der Waals surface area contributed by atoms with Gasteiger partial charge in [-0.05, 0) is 50.2 Å². The van der Waals surface area contributed by atoms with E-state index in [9.17, 15) is 19.2 Å². The average Bonchev–Trinajstić information content (AvgIpc) is 2.67. The van der Waals surface area contributed by atoms with Crippen LogP contribution in [0.15, 0.2) is 48.5 Å². The summed E-state index contributed by atoms with van der Waals surface area (Å²) in [6.45, 7) is 2.86. The first-order valence-electron chi connectivity index (χ1n) is 8.13. The zero-order chi connectivity index (χ0) is 20.0. The minimum Gasteiger partial charge on any atom is -0.465 e. The number of anilines is 1. The van der Waals surface area contributed by atoms with Crippen molar-refractivity contribution < 1.29 is 28.7 Å². The van der Waals surface area contributed by atoms with Crippen LogP contribution in [0, 0.1) is 0 Å². The number of hydrogen-bond donors (Lipinski definition) is 1. The topological polar surface area (TPSA) is 98.8 Å². The van der Waals surface area contributed by atoms with Gasteiger partial charge in [0.05, 0.1) is 18.2 Å². The molecule has 0 bridgehead atoms. The number of methoxy groups -OCH3 is 1.